The van der Waals surface area contributed by atoms with Gasteiger partial charge in [-0.05, 0) is 81.5 Å². The van der Waals surface area contributed by atoms with Crippen LogP contribution in [0.25, 0.3) is 0 Å². The van der Waals surface area contributed by atoms with Gasteiger partial charge in [-0.15, -0.1) is 0 Å². The molecule has 2 aliphatic rings. The van der Waals surface area contributed by atoms with Crippen LogP contribution in [-0.2, 0) is 19.1 Å². The van der Waals surface area contributed by atoms with E-state index in [-0.39, 0.29) is 41.9 Å². The Kier molecular flexibility index (Phi) is 30.4. The normalized spacial score (nSPS) is 21.9. The van der Waals surface area contributed by atoms with Crippen molar-refractivity contribution in [3.63, 3.8) is 0 Å². The number of esters is 2. The maximum absolute atomic E-state index is 13.7. The maximum atomic E-state index is 13.7. The van der Waals surface area contributed by atoms with E-state index in [0.717, 1.165) is 76.0 Å². The van der Waals surface area contributed by atoms with Crippen molar-refractivity contribution in [3.8, 4) is 0 Å². The summed E-state index contributed by atoms with van der Waals surface area (Å²) in [6.07, 6.45) is 43.4. The molecule has 2 rings (SSSR count). The van der Waals surface area contributed by atoms with Crippen LogP contribution in [0.5, 0.6) is 0 Å². The number of ether oxygens (including phenoxy) is 2. The Hall–Kier alpha value is -1.36. The van der Waals surface area contributed by atoms with Crippen molar-refractivity contribution in [1.29, 1.82) is 0 Å². The largest absolute Gasteiger partial charge is 0.466 e. The summed E-state index contributed by atoms with van der Waals surface area (Å²) >= 11 is 0. The minimum absolute atomic E-state index is 0.0147. The average Bonchev–Trinajstić information content (AvgIpc) is 3.84. The standard InChI is InChI=1S/C50H92O5/c1-5-9-13-16-20-26-31-42(30-25-15-11-7-3)50(53)55-46(38-39-54-49(52)41-45-36-37-48(51)47(45)35-24-12-8-4)34-29-23-19-18-22-28-33-44-40-43(44)32-27-21-17-14-10-6-2/h12,24,42-48,51H,5-11,13-23,25-41H2,1-4H3/b24-12-. The lowest BCUT2D eigenvalue weighted by molar-refractivity contribution is -0.157. The number of rotatable bonds is 38. The molecule has 322 valence electrons. The summed E-state index contributed by atoms with van der Waals surface area (Å²) in [5.74, 6) is 2.15. The van der Waals surface area contributed by atoms with Crippen molar-refractivity contribution >= 4 is 11.9 Å². The van der Waals surface area contributed by atoms with Gasteiger partial charge < -0.3 is 14.6 Å². The Morgan fingerprint density at radius 1 is 0.600 bits per heavy atom. The third-order valence-electron chi connectivity index (χ3n) is 13.2. The van der Waals surface area contributed by atoms with E-state index in [4.69, 9.17) is 9.47 Å². The van der Waals surface area contributed by atoms with E-state index >= 15 is 0 Å². The fourth-order valence-electron chi connectivity index (χ4n) is 9.31. The lowest BCUT2D eigenvalue weighted by Gasteiger charge is -2.23. The number of unbranched alkanes of at least 4 members (excludes halogenated alkanes) is 18. The highest BCUT2D eigenvalue weighted by Crippen LogP contribution is 2.46. The van der Waals surface area contributed by atoms with E-state index in [2.05, 4.69) is 39.8 Å². The Morgan fingerprint density at radius 3 is 1.67 bits per heavy atom. The first-order chi connectivity index (χ1) is 26.9. The van der Waals surface area contributed by atoms with Crippen molar-refractivity contribution in [1.82, 2.24) is 0 Å². The van der Waals surface area contributed by atoms with Gasteiger partial charge >= 0.3 is 11.9 Å². The van der Waals surface area contributed by atoms with Gasteiger partial charge in [-0.2, -0.15) is 0 Å². The highest BCUT2D eigenvalue weighted by atomic mass is 16.6. The summed E-state index contributed by atoms with van der Waals surface area (Å²) in [4.78, 5) is 26.7. The van der Waals surface area contributed by atoms with Gasteiger partial charge in [-0.1, -0.05) is 188 Å². The van der Waals surface area contributed by atoms with Gasteiger partial charge in [-0.3, -0.25) is 9.59 Å². The number of hydrogen-bond acceptors (Lipinski definition) is 5. The molecular formula is C50H92O5. The first-order valence-electron chi connectivity index (χ1n) is 24.6. The van der Waals surface area contributed by atoms with Crippen molar-refractivity contribution < 1.29 is 24.2 Å². The zero-order valence-corrected chi connectivity index (χ0v) is 37.0. The van der Waals surface area contributed by atoms with Crippen LogP contribution in [0.4, 0.5) is 0 Å². The lowest BCUT2D eigenvalue weighted by Crippen LogP contribution is -2.26. The Labute approximate surface area is 341 Å². The molecule has 5 heteroatoms. The van der Waals surface area contributed by atoms with Crippen LogP contribution < -0.4 is 0 Å². The van der Waals surface area contributed by atoms with Gasteiger partial charge in [0.05, 0.1) is 18.6 Å². The number of allylic oxidation sites excluding steroid dienone is 2. The lowest BCUT2D eigenvalue weighted by atomic mass is 9.89. The molecule has 0 aliphatic heterocycles. The summed E-state index contributed by atoms with van der Waals surface area (Å²) < 4.78 is 12.1. The van der Waals surface area contributed by atoms with Crippen LogP contribution in [0.1, 0.15) is 246 Å². The molecule has 7 unspecified atom stereocenters. The first kappa shape index (κ1) is 49.8. The summed E-state index contributed by atoms with van der Waals surface area (Å²) in [6.45, 7) is 9.20. The highest BCUT2D eigenvalue weighted by Gasteiger charge is 2.36. The van der Waals surface area contributed by atoms with E-state index in [9.17, 15) is 14.7 Å². The van der Waals surface area contributed by atoms with Gasteiger partial charge in [0, 0.05) is 12.8 Å². The van der Waals surface area contributed by atoms with Gasteiger partial charge in [0.25, 0.3) is 0 Å². The average molecular weight is 773 g/mol. The minimum Gasteiger partial charge on any atom is -0.466 e. The van der Waals surface area contributed by atoms with Crippen LogP contribution in [0.3, 0.4) is 0 Å². The third kappa shape index (κ3) is 24.9. The SMILES string of the molecule is CC/C=C\CC1C(O)CCC1CC(=O)OCCC(CCCCCCCCC1CC1CCCCCCCC)OC(=O)C(CCCCCC)CCCCCCCC. The molecular weight excluding hydrogens is 681 g/mol. The molecule has 2 saturated carbocycles. The Bertz CT molecular complexity index is 946. The number of aliphatic hydroxyl groups excluding tert-OH is 1. The predicted octanol–water partition coefficient (Wildman–Crippen LogP) is 14.8. The second-order valence-corrected chi connectivity index (χ2v) is 18.1. The van der Waals surface area contributed by atoms with Crippen molar-refractivity contribution in [3.05, 3.63) is 12.2 Å². The molecule has 5 nitrogen and oxygen atoms in total. The van der Waals surface area contributed by atoms with E-state index in [1.54, 1.807) is 0 Å². The summed E-state index contributed by atoms with van der Waals surface area (Å²) in [7, 11) is 0. The molecule has 0 bridgehead atoms. The molecule has 0 heterocycles. The van der Waals surface area contributed by atoms with Gasteiger partial charge in [-0.25, -0.2) is 0 Å². The summed E-state index contributed by atoms with van der Waals surface area (Å²) in [6, 6.07) is 0. The van der Waals surface area contributed by atoms with Crippen LogP contribution in [-0.4, -0.2) is 35.9 Å². The second kappa shape index (κ2) is 33.6. The summed E-state index contributed by atoms with van der Waals surface area (Å²) in [5.41, 5.74) is 0. The van der Waals surface area contributed by atoms with Crippen molar-refractivity contribution in [2.24, 2.45) is 29.6 Å². The topological polar surface area (TPSA) is 72.8 Å². The van der Waals surface area contributed by atoms with Crippen LogP contribution in [0, 0.1) is 29.6 Å². The number of carbonyl (C=O) groups excluding carboxylic acids is 2. The number of carbonyl (C=O) groups is 2. The zero-order chi connectivity index (χ0) is 39.8. The van der Waals surface area contributed by atoms with Gasteiger partial charge in [0.1, 0.15) is 6.10 Å². The Morgan fingerprint density at radius 2 is 1.11 bits per heavy atom. The van der Waals surface area contributed by atoms with E-state index in [1.807, 2.05) is 0 Å². The predicted molar refractivity (Wildman–Crippen MR) is 233 cm³/mol. The maximum Gasteiger partial charge on any atom is 0.309 e. The molecule has 0 aromatic carbocycles. The van der Waals surface area contributed by atoms with E-state index in [1.165, 1.54) is 141 Å². The molecule has 1 N–H and O–H groups in total. The van der Waals surface area contributed by atoms with Gasteiger partial charge in [0.2, 0.25) is 0 Å². The quantitative estimate of drug-likeness (QED) is 0.0384. The van der Waals surface area contributed by atoms with Crippen LogP contribution >= 0.6 is 0 Å². The molecule has 0 aromatic rings. The van der Waals surface area contributed by atoms with Gasteiger partial charge in [0.15, 0.2) is 0 Å². The molecule has 0 amide bonds. The van der Waals surface area contributed by atoms with E-state index < -0.39 is 0 Å². The van der Waals surface area contributed by atoms with Crippen molar-refractivity contribution in [2.45, 2.75) is 258 Å². The molecule has 0 saturated heterocycles. The minimum atomic E-state index is -0.334. The van der Waals surface area contributed by atoms with E-state index in [0.29, 0.717) is 19.4 Å². The fraction of sp³-hybridized carbons (Fsp3) is 0.920. The fourth-order valence-corrected chi connectivity index (χ4v) is 9.31. The van der Waals surface area contributed by atoms with Crippen LogP contribution in [0.2, 0.25) is 0 Å². The molecule has 2 aliphatic carbocycles. The summed E-state index contributed by atoms with van der Waals surface area (Å²) in [5, 5.41) is 10.5. The van der Waals surface area contributed by atoms with Crippen LogP contribution in [0.15, 0.2) is 12.2 Å². The molecule has 55 heavy (non-hydrogen) atoms. The monoisotopic (exact) mass is 773 g/mol. The zero-order valence-electron chi connectivity index (χ0n) is 37.0. The smallest absolute Gasteiger partial charge is 0.309 e. The highest BCUT2D eigenvalue weighted by molar-refractivity contribution is 5.72. The Balaban J connectivity index is 1.80. The third-order valence-corrected chi connectivity index (χ3v) is 13.2. The molecule has 0 spiro atoms. The molecule has 0 radical (unpaired) electrons. The second-order valence-electron chi connectivity index (χ2n) is 18.1. The molecule has 7 atom stereocenters. The molecule has 2 fully saturated rings. The van der Waals surface area contributed by atoms with Crippen molar-refractivity contribution in [2.75, 3.05) is 6.61 Å². The first-order valence-corrected chi connectivity index (χ1v) is 24.6. The number of aliphatic hydroxyl groups is 1. The molecule has 0 aromatic heterocycles. The number of hydrogen-bond donors (Lipinski definition) is 1.